The number of benzene rings is 3. The van der Waals surface area contributed by atoms with Gasteiger partial charge in [-0.05, 0) is 60.0 Å². The number of aliphatic hydroxyl groups is 1. The molecule has 0 spiro atoms. The molecule has 1 aromatic heterocycles. The van der Waals surface area contributed by atoms with Crippen molar-refractivity contribution in [3.8, 4) is 11.1 Å². The van der Waals surface area contributed by atoms with Crippen LogP contribution < -0.4 is 10.0 Å². The van der Waals surface area contributed by atoms with Gasteiger partial charge in [-0.15, -0.1) is 0 Å². The van der Waals surface area contributed by atoms with Crippen LogP contribution in [-0.4, -0.2) is 52.8 Å². The van der Waals surface area contributed by atoms with Crippen molar-refractivity contribution in [2.45, 2.75) is 22.3 Å². The summed E-state index contributed by atoms with van der Waals surface area (Å²) in [4.78, 5) is 4.54. The summed E-state index contributed by atoms with van der Waals surface area (Å²) in [6.45, 7) is 0.995. The number of fused-ring (bicyclic) bond motifs is 1. The van der Waals surface area contributed by atoms with Crippen molar-refractivity contribution in [1.29, 1.82) is 0 Å². The summed E-state index contributed by atoms with van der Waals surface area (Å²) in [5, 5.41) is 14.8. The third-order valence-corrected chi connectivity index (χ3v) is 8.62. The molecule has 3 N–H and O–H groups in total. The quantitative estimate of drug-likeness (QED) is 0.250. The van der Waals surface area contributed by atoms with Crippen molar-refractivity contribution < 1.29 is 21.9 Å². The van der Waals surface area contributed by atoms with E-state index in [4.69, 9.17) is 0 Å². The Labute approximate surface area is 217 Å². The van der Waals surface area contributed by atoms with Gasteiger partial charge in [0, 0.05) is 42.5 Å². The number of aliphatic hydroxyl groups excluding tert-OH is 1. The fraction of sp³-hybridized carbons (Fsp3) is 0.222. The average molecular weight is 540 g/mol. The monoisotopic (exact) mass is 539 g/mol. The molecule has 0 aliphatic rings. The van der Waals surface area contributed by atoms with E-state index in [1.165, 1.54) is 12.1 Å². The van der Waals surface area contributed by atoms with Gasteiger partial charge in [0.05, 0.1) is 15.9 Å². The second-order valence-electron chi connectivity index (χ2n) is 8.73. The van der Waals surface area contributed by atoms with E-state index in [0.29, 0.717) is 30.5 Å². The Hall–Kier alpha value is -3.15. The van der Waals surface area contributed by atoms with E-state index < -0.39 is 26.0 Å². The number of hydrogen-bond donors (Lipinski definition) is 3. The minimum Gasteiger partial charge on any atom is -0.388 e. The summed E-state index contributed by atoms with van der Waals surface area (Å²) in [7, 11) is -7.08. The SMILES string of the molecule is CS(=O)(=O)c1ccc(C(O)CCNCCNS(=O)(=O)c2cc(-c3ccccc3)cc3cnccc23)cc1. The summed E-state index contributed by atoms with van der Waals surface area (Å²) in [6.07, 6.45) is 3.99. The minimum absolute atomic E-state index is 0.170. The highest BCUT2D eigenvalue weighted by Gasteiger charge is 2.19. The Morgan fingerprint density at radius 2 is 1.59 bits per heavy atom. The van der Waals surface area contributed by atoms with E-state index in [9.17, 15) is 21.9 Å². The fourth-order valence-corrected chi connectivity index (χ4v) is 5.93. The topological polar surface area (TPSA) is 125 Å². The average Bonchev–Trinajstić information content (AvgIpc) is 2.90. The first-order valence-electron chi connectivity index (χ1n) is 11.8. The maximum absolute atomic E-state index is 13.2. The molecule has 0 fully saturated rings. The first kappa shape index (κ1) is 26.9. The number of sulfone groups is 1. The van der Waals surface area contributed by atoms with Crippen molar-refractivity contribution in [2.24, 2.45) is 0 Å². The van der Waals surface area contributed by atoms with Crippen LogP contribution in [-0.2, 0) is 19.9 Å². The Morgan fingerprint density at radius 1 is 0.865 bits per heavy atom. The highest BCUT2D eigenvalue weighted by atomic mass is 32.2. The van der Waals surface area contributed by atoms with Gasteiger partial charge in [0.15, 0.2) is 9.84 Å². The van der Waals surface area contributed by atoms with Gasteiger partial charge in [-0.3, -0.25) is 4.98 Å². The molecule has 10 heteroatoms. The van der Waals surface area contributed by atoms with Gasteiger partial charge >= 0.3 is 0 Å². The molecule has 0 aliphatic heterocycles. The first-order chi connectivity index (χ1) is 17.6. The third-order valence-electron chi connectivity index (χ3n) is 5.99. The van der Waals surface area contributed by atoms with Gasteiger partial charge in [0.2, 0.25) is 10.0 Å². The number of pyridine rings is 1. The van der Waals surface area contributed by atoms with Crippen LogP contribution >= 0.6 is 0 Å². The zero-order valence-electron chi connectivity index (χ0n) is 20.3. The Kier molecular flexibility index (Phi) is 8.35. The molecule has 0 radical (unpaired) electrons. The summed E-state index contributed by atoms with van der Waals surface area (Å²) >= 11 is 0. The standard InChI is InChI=1S/C27H29N3O5S2/c1-36(32,33)24-9-7-21(8-10-24)26(31)12-14-28-15-16-30-37(34,35)27-18-22(20-5-3-2-4-6-20)17-23-19-29-13-11-25(23)27/h2-11,13,17-19,26,28,30-31H,12,14-16H2,1H3. The lowest BCUT2D eigenvalue weighted by Gasteiger charge is -2.14. The molecule has 1 unspecified atom stereocenters. The molecule has 0 bridgehead atoms. The lowest BCUT2D eigenvalue weighted by atomic mass is 10.0. The molecule has 0 aliphatic carbocycles. The fourth-order valence-electron chi connectivity index (χ4n) is 4.01. The zero-order valence-corrected chi connectivity index (χ0v) is 22.0. The van der Waals surface area contributed by atoms with Crippen molar-refractivity contribution in [3.05, 3.63) is 90.8 Å². The van der Waals surface area contributed by atoms with E-state index in [1.807, 2.05) is 36.4 Å². The van der Waals surface area contributed by atoms with Crippen molar-refractivity contribution in [3.63, 3.8) is 0 Å². The van der Waals surface area contributed by atoms with Crippen LogP contribution in [0.25, 0.3) is 21.9 Å². The lowest BCUT2D eigenvalue weighted by molar-refractivity contribution is 0.167. The predicted octanol–water partition coefficient (Wildman–Crippen LogP) is 3.30. The van der Waals surface area contributed by atoms with Crippen LogP contribution in [0.4, 0.5) is 0 Å². The molecule has 1 atom stereocenters. The summed E-state index contributed by atoms with van der Waals surface area (Å²) in [5.41, 5.74) is 2.32. The molecule has 0 amide bonds. The molecule has 8 nitrogen and oxygen atoms in total. The Morgan fingerprint density at radius 3 is 2.30 bits per heavy atom. The summed E-state index contributed by atoms with van der Waals surface area (Å²) in [5.74, 6) is 0. The summed E-state index contributed by atoms with van der Waals surface area (Å²) < 4.78 is 52.2. The molecule has 3 aromatic carbocycles. The van der Waals surface area contributed by atoms with Gasteiger partial charge in [0.25, 0.3) is 0 Å². The number of rotatable bonds is 11. The van der Waals surface area contributed by atoms with Gasteiger partial charge < -0.3 is 10.4 Å². The van der Waals surface area contributed by atoms with Crippen LogP contribution in [0.3, 0.4) is 0 Å². The zero-order chi connectivity index (χ0) is 26.5. The number of hydrogen-bond acceptors (Lipinski definition) is 7. The van der Waals surface area contributed by atoms with Crippen LogP contribution in [0, 0.1) is 0 Å². The second-order valence-corrected chi connectivity index (χ2v) is 12.5. The maximum atomic E-state index is 13.2. The normalized spacial score (nSPS) is 13.0. The number of nitrogens with zero attached hydrogens (tertiary/aromatic N) is 1. The Bertz CT molecular complexity index is 1570. The van der Waals surface area contributed by atoms with Gasteiger partial charge in [-0.2, -0.15) is 0 Å². The van der Waals surface area contributed by atoms with Gasteiger partial charge in [-0.25, -0.2) is 21.6 Å². The van der Waals surface area contributed by atoms with Gasteiger partial charge in [-0.1, -0.05) is 42.5 Å². The van der Waals surface area contributed by atoms with Gasteiger partial charge in [0.1, 0.15) is 0 Å². The van der Waals surface area contributed by atoms with Crippen LogP contribution in [0.15, 0.2) is 95.0 Å². The van der Waals surface area contributed by atoms with E-state index in [-0.39, 0.29) is 16.3 Å². The number of sulfonamides is 1. The molecule has 4 aromatic rings. The highest BCUT2D eigenvalue weighted by molar-refractivity contribution is 7.90. The van der Waals surface area contributed by atoms with E-state index >= 15 is 0 Å². The molecule has 0 saturated heterocycles. The molecule has 1 heterocycles. The van der Waals surface area contributed by atoms with Crippen LogP contribution in [0.5, 0.6) is 0 Å². The molecule has 0 saturated carbocycles. The minimum atomic E-state index is -3.80. The number of aromatic nitrogens is 1. The molecule has 37 heavy (non-hydrogen) atoms. The smallest absolute Gasteiger partial charge is 0.241 e. The van der Waals surface area contributed by atoms with Crippen molar-refractivity contribution >= 4 is 30.6 Å². The van der Waals surface area contributed by atoms with Crippen molar-refractivity contribution in [2.75, 3.05) is 25.9 Å². The highest BCUT2D eigenvalue weighted by Crippen LogP contribution is 2.30. The lowest BCUT2D eigenvalue weighted by Crippen LogP contribution is -2.32. The van der Waals surface area contributed by atoms with Crippen molar-refractivity contribution in [1.82, 2.24) is 15.0 Å². The first-order valence-corrected chi connectivity index (χ1v) is 15.1. The van der Waals surface area contributed by atoms with E-state index in [0.717, 1.165) is 22.8 Å². The predicted molar refractivity (Wildman–Crippen MR) is 144 cm³/mol. The van der Waals surface area contributed by atoms with Crippen LogP contribution in [0.1, 0.15) is 18.1 Å². The van der Waals surface area contributed by atoms with E-state index in [1.54, 1.807) is 36.7 Å². The van der Waals surface area contributed by atoms with Crippen LogP contribution in [0.2, 0.25) is 0 Å². The third kappa shape index (κ3) is 6.79. The molecular weight excluding hydrogens is 510 g/mol. The molecule has 194 valence electrons. The molecular formula is C27H29N3O5S2. The largest absolute Gasteiger partial charge is 0.388 e. The van der Waals surface area contributed by atoms with E-state index in [2.05, 4.69) is 15.0 Å². The second kappa shape index (κ2) is 11.5. The maximum Gasteiger partial charge on any atom is 0.241 e. The number of nitrogens with one attached hydrogen (secondary N) is 2. The molecule has 4 rings (SSSR count). The Balaban J connectivity index is 1.35. The summed E-state index contributed by atoms with van der Waals surface area (Å²) in [6, 6.07) is 21.0.